The highest BCUT2D eigenvalue weighted by Crippen LogP contribution is 2.24. The summed E-state index contributed by atoms with van der Waals surface area (Å²) >= 11 is 0. The fourth-order valence-corrected chi connectivity index (χ4v) is 3.76. The Morgan fingerprint density at radius 2 is 1.79 bits per heavy atom. The Kier molecular flexibility index (Phi) is 3.73. The predicted molar refractivity (Wildman–Crippen MR) is 110 cm³/mol. The van der Waals surface area contributed by atoms with Crippen LogP contribution in [0.1, 0.15) is 11.1 Å². The molecule has 0 aliphatic heterocycles. The maximum atomic E-state index is 12.8. The molecule has 3 aromatic heterocycles. The maximum Gasteiger partial charge on any atom is 0.329 e. The highest BCUT2D eigenvalue weighted by Gasteiger charge is 2.22. The van der Waals surface area contributed by atoms with Crippen molar-refractivity contribution in [2.45, 2.75) is 13.5 Å². The van der Waals surface area contributed by atoms with Gasteiger partial charge in [0.25, 0.3) is 5.56 Å². The number of nitrogens with zero attached hydrogens (tertiary/aromatic N) is 5. The average Bonchev–Trinajstić information content (AvgIpc) is 3.26. The zero-order valence-electron chi connectivity index (χ0n) is 16.0. The van der Waals surface area contributed by atoms with E-state index in [0.29, 0.717) is 29.3 Å². The lowest BCUT2D eigenvalue weighted by Crippen LogP contribution is -2.29. The molecule has 5 rings (SSSR count). The van der Waals surface area contributed by atoms with Crippen LogP contribution in [0.4, 0.5) is 0 Å². The molecule has 2 aromatic carbocycles. The smallest absolute Gasteiger partial charge is 0.298 e. The van der Waals surface area contributed by atoms with E-state index < -0.39 is 11.2 Å². The van der Waals surface area contributed by atoms with Crippen molar-refractivity contribution in [2.75, 3.05) is 0 Å². The molecule has 0 aliphatic rings. The number of imidazole rings is 1. The van der Waals surface area contributed by atoms with Gasteiger partial charge in [0.05, 0.1) is 6.54 Å². The molecule has 1 N–H and O–H groups in total. The van der Waals surface area contributed by atoms with Crippen LogP contribution in [0.25, 0.3) is 28.3 Å². The van der Waals surface area contributed by atoms with Gasteiger partial charge in [-0.3, -0.25) is 18.9 Å². The summed E-state index contributed by atoms with van der Waals surface area (Å²) in [6.07, 6.45) is 0. The largest absolute Gasteiger partial charge is 0.329 e. The molecule has 0 aliphatic carbocycles. The van der Waals surface area contributed by atoms with E-state index in [4.69, 9.17) is 0 Å². The first kappa shape index (κ1) is 17.2. The molecule has 0 atom stereocenters. The van der Waals surface area contributed by atoms with Crippen LogP contribution >= 0.6 is 0 Å². The number of aromatic nitrogens is 6. The first-order valence-electron chi connectivity index (χ1n) is 9.22. The van der Waals surface area contributed by atoms with E-state index in [0.717, 1.165) is 16.7 Å². The number of hydrogen-bond donors (Lipinski definition) is 1. The van der Waals surface area contributed by atoms with Gasteiger partial charge in [-0.25, -0.2) is 9.20 Å². The van der Waals surface area contributed by atoms with Gasteiger partial charge in [-0.05, 0) is 12.5 Å². The Bertz CT molecular complexity index is 1490. The van der Waals surface area contributed by atoms with Crippen LogP contribution in [-0.4, -0.2) is 28.7 Å². The zero-order valence-corrected chi connectivity index (χ0v) is 16.0. The Balaban J connectivity index is 1.90. The number of aryl methyl sites for hydroxylation is 2. The standard InChI is InChI=1S/C21H18N6O2/c1-13-7-6-8-14(11-13)12-26-16-18(28)22-21(29)25(2)19(16)27-17(23-24-20(26)27)15-9-4-3-5-10-15/h3-11H,12H2,1-2H3,(H,22,28,29). The second-order valence-electron chi connectivity index (χ2n) is 7.09. The molecule has 0 fully saturated rings. The van der Waals surface area contributed by atoms with Crippen LogP contribution in [0.3, 0.4) is 0 Å². The molecule has 0 saturated carbocycles. The molecule has 0 unspecified atom stereocenters. The van der Waals surface area contributed by atoms with Crippen molar-refractivity contribution in [3.63, 3.8) is 0 Å². The van der Waals surface area contributed by atoms with Gasteiger partial charge in [0.15, 0.2) is 17.0 Å². The topological polar surface area (TPSA) is 90.0 Å². The van der Waals surface area contributed by atoms with Gasteiger partial charge >= 0.3 is 5.69 Å². The summed E-state index contributed by atoms with van der Waals surface area (Å²) in [5.41, 5.74) is 2.93. The average molecular weight is 386 g/mol. The van der Waals surface area contributed by atoms with E-state index in [1.165, 1.54) is 4.57 Å². The summed E-state index contributed by atoms with van der Waals surface area (Å²) in [5, 5.41) is 8.73. The molecule has 0 spiro atoms. The minimum Gasteiger partial charge on any atom is -0.298 e. The first-order valence-corrected chi connectivity index (χ1v) is 9.22. The SMILES string of the molecule is Cc1cccc(Cn2c3c(=O)[nH]c(=O)n(C)c3n3c(-c4ccccc4)nnc23)c1. The van der Waals surface area contributed by atoms with Crippen molar-refractivity contribution >= 4 is 16.9 Å². The van der Waals surface area contributed by atoms with Crippen LogP contribution in [0.15, 0.2) is 64.2 Å². The highest BCUT2D eigenvalue weighted by molar-refractivity contribution is 5.79. The van der Waals surface area contributed by atoms with Crippen molar-refractivity contribution in [3.05, 3.63) is 86.6 Å². The number of rotatable bonds is 3. The predicted octanol–water partition coefficient (Wildman–Crippen LogP) is 2.09. The molecule has 3 heterocycles. The second-order valence-corrected chi connectivity index (χ2v) is 7.09. The third-order valence-corrected chi connectivity index (χ3v) is 5.09. The van der Waals surface area contributed by atoms with Gasteiger partial charge in [0.2, 0.25) is 5.78 Å². The fourth-order valence-electron chi connectivity index (χ4n) is 3.76. The van der Waals surface area contributed by atoms with Crippen LogP contribution in [0.2, 0.25) is 0 Å². The minimum absolute atomic E-state index is 0.385. The Morgan fingerprint density at radius 3 is 2.55 bits per heavy atom. The highest BCUT2D eigenvalue weighted by atomic mass is 16.2. The number of aromatic amines is 1. The summed E-state index contributed by atoms with van der Waals surface area (Å²) < 4.78 is 5.01. The molecule has 0 saturated heterocycles. The summed E-state index contributed by atoms with van der Waals surface area (Å²) in [6, 6.07) is 17.6. The van der Waals surface area contributed by atoms with Crippen molar-refractivity contribution in [1.29, 1.82) is 0 Å². The summed E-state index contributed by atoms with van der Waals surface area (Å²) in [4.78, 5) is 27.5. The van der Waals surface area contributed by atoms with Crippen LogP contribution < -0.4 is 11.2 Å². The third-order valence-electron chi connectivity index (χ3n) is 5.09. The van der Waals surface area contributed by atoms with Gasteiger partial charge in [-0.2, -0.15) is 0 Å². The van der Waals surface area contributed by atoms with E-state index >= 15 is 0 Å². The lowest BCUT2D eigenvalue weighted by atomic mass is 10.1. The lowest BCUT2D eigenvalue weighted by molar-refractivity contribution is 0.809. The van der Waals surface area contributed by atoms with Crippen molar-refractivity contribution in [2.24, 2.45) is 7.05 Å². The molecule has 8 heteroatoms. The van der Waals surface area contributed by atoms with Crippen LogP contribution in [-0.2, 0) is 13.6 Å². The monoisotopic (exact) mass is 386 g/mol. The number of benzene rings is 2. The minimum atomic E-state index is -0.482. The summed E-state index contributed by atoms with van der Waals surface area (Å²) in [6.45, 7) is 2.46. The number of H-pyrrole nitrogens is 1. The molecule has 0 amide bonds. The number of hydrogen-bond acceptors (Lipinski definition) is 4. The molecule has 8 nitrogen and oxygen atoms in total. The fraction of sp³-hybridized carbons (Fsp3) is 0.143. The van der Waals surface area contributed by atoms with Gasteiger partial charge in [0, 0.05) is 12.6 Å². The van der Waals surface area contributed by atoms with E-state index in [1.807, 2.05) is 60.0 Å². The maximum absolute atomic E-state index is 12.8. The third kappa shape index (κ3) is 2.60. The summed E-state index contributed by atoms with van der Waals surface area (Å²) in [5.74, 6) is 1.08. The molecular weight excluding hydrogens is 368 g/mol. The Labute approximate surface area is 164 Å². The van der Waals surface area contributed by atoms with Crippen molar-refractivity contribution in [1.82, 2.24) is 28.7 Å². The quantitative estimate of drug-likeness (QED) is 0.514. The van der Waals surface area contributed by atoms with Crippen LogP contribution in [0.5, 0.6) is 0 Å². The molecule has 144 valence electrons. The van der Waals surface area contributed by atoms with E-state index in [-0.39, 0.29) is 0 Å². The van der Waals surface area contributed by atoms with Gasteiger partial charge in [0.1, 0.15) is 0 Å². The van der Waals surface area contributed by atoms with Crippen molar-refractivity contribution < 1.29 is 0 Å². The van der Waals surface area contributed by atoms with E-state index in [9.17, 15) is 9.59 Å². The summed E-state index contributed by atoms with van der Waals surface area (Å²) in [7, 11) is 1.63. The molecule has 0 radical (unpaired) electrons. The molecule has 5 aromatic rings. The second kappa shape index (κ2) is 6.30. The zero-order chi connectivity index (χ0) is 20.1. The normalized spacial score (nSPS) is 11.5. The first-order chi connectivity index (χ1) is 14.0. The van der Waals surface area contributed by atoms with E-state index in [2.05, 4.69) is 21.2 Å². The molecular formula is C21H18N6O2. The molecule has 29 heavy (non-hydrogen) atoms. The number of nitrogens with one attached hydrogen (secondary N) is 1. The van der Waals surface area contributed by atoms with Crippen LogP contribution in [0, 0.1) is 6.92 Å². The van der Waals surface area contributed by atoms with Crippen molar-refractivity contribution in [3.8, 4) is 11.4 Å². The van der Waals surface area contributed by atoms with Gasteiger partial charge in [-0.15, -0.1) is 10.2 Å². The van der Waals surface area contributed by atoms with Gasteiger partial charge in [-0.1, -0.05) is 60.2 Å². The lowest BCUT2D eigenvalue weighted by Gasteiger charge is -2.06. The Hall–Kier alpha value is -3.94. The number of fused-ring (bicyclic) bond motifs is 3. The Morgan fingerprint density at radius 1 is 1.00 bits per heavy atom. The van der Waals surface area contributed by atoms with Gasteiger partial charge < -0.3 is 0 Å². The van der Waals surface area contributed by atoms with E-state index in [1.54, 1.807) is 11.4 Å². The molecule has 0 bridgehead atoms.